The SMILES string of the molecule is O=C(COC(=O)c1ccc2c(c1)NC(=O)[C@H]1CCCN21)NCc1ccc(F)cc1. The van der Waals surface area contributed by atoms with E-state index in [1.165, 1.54) is 12.1 Å². The minimum absolute atomic E-state index is 0.0688. The summed E-state index contributed by atoms with van der Waals surface area (Å²) in [5.74, 6) is -1.53. The Balaban J connectivity index is 1.33. The number of halogens is 1. The third-order valence-corrected chi connectivity index (χ3v) is 5.09. The summed E-state index contributed by atoms with van der Waals surface area (Å²) >= 11 is 0. The molecular weight excluding hydrogens is 377 g/mol. The summed E-state index contributed by atoms with van der Waals surface area (Å²) in [6, 6.07) is 10.6. The second kappa shape index (κ2) is 7.90. The van der Waals surface area contributed by atoms with E-state index in [2.05, 4.69) is 10.6 Å². The molecule has 8 heteroatoms. The van der Waals surface area contributed by atoms with Gasteiger partial charge in [0.25, 0.3) is 5.91 Å². The predicted octanol–water partition coefficient (Wildman–Crippen LogP) is 2.22. The molecule has 2 aromatic rings. The molecule has 150 valence electrons. The van der Waals surface area contributed by atoms with Crippen LogP contribution < -0.4 is 15.5 Å². The third-order valence-electron chi connectivity index (χ3n) is 5.09. The highest BCUT2D eigenvalue weighted by molar-refractivity contribution is 6.05. The number of ether oxygens (including phenoxy) is 1. The molecule has 1 fully saturated rings. The quantitative estimate of drug-likeness (QED) is 0.756. The monoisotopic (exact) mass is 397 g/mol. The highest BCUT2D eigenvalue weighted by atomic mass is 19.1. The number of nitrogens with one attached hydrogen (secondary N) is 2. The molecule has 2 amide bonds. The molecule has 2 N–H and O–H groups in total. The summed E-state index contributed by atoms with van der Waals surface area (Å²) < 4.78 is 17.9. The number of esters is 1. The van der Waals surface area contributed by atoms with Gasteiger partial charge in [-0.15, -0.1) is 0 Å². The largest absolute Gasteiger partial charge is 0.452 e. The van der Waals surface area contributed by atoms with Crippen LogP contribution in [-0.4, -0.2) is 37.0 Å². The fraction of sp³-hybridized carbons (Fsp3) is 0.286. The molecule has 0 bridgehead atoms. The lowest BCUT2D eigenvalue weighted by molar-refractivity contribution is -0.124. The van der Waals surface area contributed by atoms with Crippen LogP contribution in [0.1, 0.15) is 28.8 Å². The van der Waals surface area contributed by atoms with Crippen LogP contribution in [0.5, 0.6) is 0 Å². The topological polar surface area (TPSA) is 87.7 Å². The Morgan fingerprint density at radius 2 is 2.00 bits per heavy atom. The van der Waals surface area contributed by atoms with Crippen LogP contribution >= 0.6 is 0 Å². The number of benzene rings is 2. The predicted molar refractivity (Wildman–Crippen MR) is 104 cm³/mol. The van der Waals surface area contributed by atoms with Gasteiger partial charge in [-0.2, -0.15) is 0 Å². The van der Waals surface area contributed by atoms with Gasteiger partial charge in [0.15, 0.2) is 6.61 Å². The highest BCUT2D eigenvalue weighted by Gasteiger charge is 2.36. The second-order valence-corrected chi connectivity index (χ2v) is 7.05. The number of hydrogen-bond acceptors (Lipinski definition) is 5. The van der Waals surface area contributed by atoms with Crippen LogP contribution in [0.2, 0.25) is 0 Å². The molecule has 7 nitrogen and oxygen atoms in total. The molecule has 4 rings (SSSR count). The average Bonchev–Trinajstić information content (AvgIpc) is 3.22. The number of amides is 2. The zero-order valence-electron chi connectivity index (χ0n) is 15.6. The Morgan fingerprint density at radius 3 is 2.79 bits per heavy atom. The van der Waals surface area contributed by atoms with Gasteiger partial charge in [0, 0.05) is 13.1 Å². The molecule has 2 aromatic carbocycles. The standard InChI is InChI=1S/C21H20FN3O4/c22-15-6-3-13(4-7-15)11-23-19(26)12-29-21(28)14-5-8-17-16(10-14)24-20(27)18-2-1-9-25(17)18/h3-8,10,18H,1-2,9,11-12H2,(H,23,26)(H,24,27)/t18-/m1/s1. The molecule has 0 aliphatic carbocycles. The van der Waals surface area contributed by atoms with E-state index < -0.39 is 18.5 Å². The Bertz CT molecular complexity index is 961. The Hall–Kier alpha value is -3.42. The van der Waals surface area contributed by atoms with Crippen LogP contribution in [0, 0.1) is 5.82 Å². The van der Waals surface area contributed by atoms with E-state index in [9.17, 15) is 18.8 Å². The van der Waals surface area contributed by atoms with Crippen LogP contribution in [-0.2, 0) is 20.9 Å². The lowest BCUT2D eigenvalue weighted by atomic mass is 10.1. The Morgan fingerprint density at radius 1 is 1.21 bits per heavy atom. The van der Waals surface area contributed by atoms with Crippen molar-refractivity contribution < 1.29 is 23.5 Å². The van der Waals surface area contributed by atoms with Gasteiger partial charge in [-0.1, -0.05) is 12.1 Å². The molecule has 0 radical (unpaired) electrons. The highest BCUT2D eigenvalue weighted by Crippen LogP contribution is 2.37. The van der Waals surface area contributed by atoms with Gasteiger partial charge >= 0.3 is 5.97 Å². The van der Waals surface area contributed by atoms with Crippen LogP contribution in [0.25, 0.3) is 0 Å². The van der Waals surface area contributed by atoms with Crippen molar-refractivity contribution >= 4 is 29.2 Å². The zero-order chi connectivity index (χ0) is 20.4. The summed E-state index contributed by atoms with van der Waals surface area (Å²) in [6.45, 7) is 0.583. The van der Waals surface area contributed by atoms with Gasteiger partial charge in [0.1, 0.15) is 11.9 Å². The lowest BCUT2D eigenvalue weighted by Gasteiger charge is -2.33. The van der Waals surface area contributed by atoms with Crippen LogP contribution in [0.3, 0.4) is 0 Å². The number of hydrogen-bond donors (Lipinski definition) is 2. The molecule has 2 heterocycles. The van der Waals surface area contributed by atoms with Crippen molar-refractivity contribution in [2.45, 2.75) is 25.4 Å². The molecule has 2 aliphatic rings. The van der Waals surface area contributed by atoms with E-state index in [0.29, 0.717) is 5.69 Å². The van der Waals surface area contributed by atoms with Crippen LogP contribution in [0.15, 0.2) is 42.5 Å². The van der Waals surface area contributed by atoms with Crippen molar-refractivity contribution in [2.24, 2.45) is 0 Å². The molecule has 29 heavy (non-hydrogen) atoms. The number of anilines is 2. The van der Waals surface area contributed by atoms with E-state index in [4.69, 9.17) is 4.74 Å². The molecule has 0 unspecified atom stereocenters. The Kier molecular flexibility index (Phi) is 5.16. The second-order valence-electron chi connectivity index (χ2n) is 7.05. The van der Waals surface area contributed by atoms with Gasteiger partial charge in [0.2, 0.25) is 5.91 Å². The fourth-order valence-electron chi connectivity index (χ4n) is 3.63. The molecule has 2 aliphatic heterocycles. The molecular formula is C21H20FN3O4. The van der Waals surface area contributed by atoms with Gasteiger partial charge in [0.05, 0.1) is 16.9 Å². The van der Waals surface area contributed by atoms with E-state index in [1.54, 1.807) is 30.3 Å². The summed E-state index contributed by atoms with van der Waals surface area (Å²) in [4.78, 5) is 38.4. The van der Waals surface area contributed by atoms with Crippen molar-refractivity contribution in [3.05, 3.63) is 59.4 Å². The van der Waals surface area contributed by atoms with Gasteiger partial charge in [-0.3, -0.25) is 9.59 Å². The summed E-state index contributed by atoms with van der Waals surface area (Å²) in [5, 5.41) is 5.44. The first-order chi connectivity index (χ1) is 14.0. The fourth-order valence-corrected chi connectivity index (χ4v) is 3.63. The molecule has 0 aromatic heterocycles. The first-order valence-corrected chi connectivity index (χ1v) is 9.41. The maximum Gasteiger partial charge on any atom is 0.338 e. The van der Waals surface area contributed by atoms with Crippen molar-refractivity contribution in [1.82, 2.24) is 5.32 Å². The molecule has 1 atom stereocenters. The first-order valence-electron chi connectivity index (χ1n) is 9.41. The Labute approximate surface area is 166 Å². The van der Waals surface area contributed by atoms with E-state index in [0.717, 1.165) is 30.6 Å². The smallest absolute Gasteiger partial charge is 0.338 e. The number of fused-ring (bicyclic) bond motifs is 3. The van der Waals surface area contributed by atoms with E-state index >= 15 is 0 Å². The van der Waals surface area contributed by atoms with Crippen molar-refractivity contribution in [3.8, 4) is 0 Å². The van der Waals surface area contributed by atoms with Crippen molar-refractivity contribution in [1.29, 1.82) is 0 Å². The van der Waals surface area contributed by atoms with Gasteiger partial charge in [-0.05, 0) is 48.7 Å². The van der Waals surface area contributed by atoms with E-state index in [1.807, 2.05) is 4.90 Å². The van der Waals surface area contributed by atoms with Crippen molar-refractivity contribution in [2.75, 3.05) is 23.4 Å². The molecule has 1 saturated heterocycles. The number of nitrogens with zero attached hydrogens (tertiary/aromatic N) is 1. The van der Waals surface area contributed by atoms with E-state index in [-0.39, 0.29) is 29.9 Å². The normalized spacial score (nSPS) is 17.2. The first kappa shape index (κ1) is 18.9. The third kappa shape index (κ3) is 4.06. The maximum absolute atomic E-state index is 12.9. The lowest BCUT2D eigenvalue weighted by Crippen LogP contribution is -2.43. The molecule has 0 saturated carbocycles. The maximum atomic E-state index is 12.9. The zero-order valence-corrected chi connectivity index (χ0v) is 15.6. The van der Waals surface area contributed by atoms with Crippen LogP contribution in [0.4, 0.5) is 15.8 Å². The van der Waals surface area contributed by atoms with Gasteiger partial charge in [-0.25, -0.2) is 9.18 Å². The summed E-state index contributed by atoms with van der Waals surface area (Å²) in [6.07, 6.45) is 1.77. The van der Waals surface area contributed by atoms with Crippen molar-refractivity contribution in [3.63, 3.8) is 0 Å². The summed E-state index contributed by atoms with van der Waals surface area (Å²) in [5.41, 5.74) is 2.45. The average molecular weight is 397 g/mol. The minimum atomic E-state index is -0.650. The number of carbonyl (C=O) groups is 3. The minimum Gasteiger partial charge on any atom is -0.452 e. The summed E-state index contributed by atoms with van der Waals surface area (Å²) in [7, 11) is 0. The van der Waals surface area contributed by atoms with Gasteiger partial charge < -0.3 is 20.3 Å². The molecule has 0 spiro atoms. The number of rotatable bonds is 5. The number of carbonyl (C=O) groups excluding carboxylic acids is 3.